The molecule has 0 aliphatic carbocycles. The number of hydrogen-bond acceptors (Lipinski definition) is 6. The molecule has 8 heteroatoms. The van der Waals surface area contributed by atoms with Gasteiger partial charge in [-0.25, -0.2) is 4.68 Å². The number of amides is 1. The van der Waals surface area contributed by atoms with E-state index in [9.17, 15) is 4.79 Å². The summed E-state index contributed by atoms with van der Waals surface area (Å²) in [7, 11) is 3.19. The number of aromatic nitrogens is 3. The van der Waals surface area contributed by atoms with Gasteiger partial charge < -0.3 is 19.2 Å². The molecule has 1 amide bonds. The zero-order valence-electron chi connectivity index (χ0n) is 18.2. The highest BCUT2D eigenvalue weighted by atomic mass is 16.5. The molecule has 0 saturated heterocycles. The van der Waals surface area contributed by atoms with E-state index in [1.165, 1.54) is 0 Å². The molecule has 1 N–H and O–H groups in total. The topological polar surface area (TPSA) is 91.4 Å². The van der Waals surface area contributed by atoms with Crippen molar-refractivity contribution in [3.05, 3.63) is 77.8 Å². The minimum atomic E-state index is -0.357. The van der Waals surface area contributed by atoms with Crippen LogP contribution in [0.3, 0.4) is 0 Å². The monoisotopic (exact) mass is 432 g/mol. The van der Waals surface area contributed by atoms with E-state index < -0.39 is 0 Å². The van der Waals surface area contributed by atoms with Gasteiger partial charge in [0.25, 0.3) is 5.91 Å². The molecule has 0 radical (unpaired) electrons. The van der Waals surface area contributed by atoms with Gasteiger partial charge in [-0.15, -0.1) is 5.10 Å². The molecule has 0 bridgehead atoms. The molecule has 0 fully saturated rings. The van der Waals surface area contributed by atoms with Gasteiger partial charge in [-0.05, 0) is 55.3 Å². The minimum Gasteiger partial charge on any atom is -0.493 e. The summed E-state index contributed by atoms with van der Waals surface area (Å²) in [5.74, 6) is 2.02. The molecule has 2 aromatic heterocycles. The Balaban J connectivity index is 1.50. The highest BCUT2D eigenvalue weighted by Gasteiger charge is 2.20. The Morgan fingerprint density at radius 2 is 1.84 bits per heavy atom. The third-order valence-corrected chi connectivity index (χ3v) is 4.98. The summed E-state index contributed by atoms with van der Waals surface area (Å²) in [4.78, 5) is 17.2. The second-order valence-corrected chi connectivity index (χ2v) is 7.18. The van der Waals surface area contributed by atoms with Crippen LogP contribution in [0.2, 0.25) is 0 Å². The van der Waals surface area contributed by atoms with E-state index in [2.05, 4.69) is 15.4 Å². The second kappa shape index (κ2) is 9.38. The van der Waals surface area contributed by atoms with Gasteiger partial charge in [0, 0.05) is 6.54 Å². The SMILES string of the molecule is COc1ccc(CCNC(=O)c2nc(-c3ccco3)n(-c3ccc(C)cc3)n2)cc1OC. The molecule has 0 saturated carbocycles. The number of nitrogens with zero attached hydrogens (tertiary/aromatic N) is 3. The fraction of sp³-hybridized carbons (Fsp3) is 0.208. The summed E-state index contributed by atoms with van der Waals surface area (Å²) in [6, 6.07) is 17.0. The Morgan fingerprint density at radius 3 is 2.53 bits per heavy atom. The number of aryl methyl sites for hydroxylation is 1. The first kappa shape index (κ1) is 21.2. The number of methoxy groups -OCH3 is 2. The molecule has 0 aliphatic heterocycles. The van der Waals surface area contributed by atoms with E-state index in [1.807, 2.05) is 49.4 Å². The maximum absolute atomic E-state index is 12.8. The van der Waals surface area contributed by atoms with Crippen LogP contribution >= 0.6 is 0 Å². The molecule has 4 aromatic rings. The van der Waals surface area contributed by atoms with Crippen LogP contribution in [-0.2, 0) is 6.42 Å². The predicted octanol–water partition coefficient (Wildman–Crippen LogP) is 3.83. The zero-order valence-corrected chi connectivity index (χ0v) is 18.2. The normalized spacial score (nSPS) is 10.7. The maximum Gasteiger partial charge on any atom is 0.291 e. The second-order valence-electron chi connectivity index (χ2n) is 7.18. The van der Waals surface area contributed by atoms with Crippen LogP contribution in [0, 0.1) is 6.92 Å². The average molecular weight is 432 g/mol. The van der Waals surface area contributed by atoms with E-state index >= 15 is 0 Å². The van der Waals surface area contributed by atoms with Crippen molar-refractivity contribution >= 4 is 5.91 Å². The molecule has 2 aromatic carbocycles. The molecule has 164 valence electrons. The third-order valence-electron chi connectivity index (χ3n) is 4.98. The molecule has 8 nitrogen and oxygen atoms in total. The summed E-state index contributed by atoms with van der Waals surface area (Å²) >= 11 is 0. The highest BCUT2D eigenvalue weighted by molar-refractivity contribution is 5.90. The summed E-state index contributed by atoms with van der Waals surface area (Å²) in [5.41, 5.74) is 2.93. The lowest BCUT2D eigenvalue weighted by Gasteiger charge is -2.09. The van der Waals surface area contributed by atoms with Gasteiger partial charge in [-0.1, -0.05) is 23.8 Å². The zero-order chi connectivity index (χ0) is 22.5. The van der Waals surface area contributed by atoms with Gasteiger partial charge >= 0.3 is 0 Å². The summed E-state index contributed by atoms with van der Waals surface area (Å²) < 4.78 is 17.7. The van der Waals surface area contributed by atoms with Crippen molar-refractivity contribution in [2.45, 2.75) is 13.3 Å². The number of carbonyl (C=O) groups excluding carboxylic acids is 1. The van der Waals surface area contributed by atoms with Crippen LogP contribution < -0.4 is 14.8 Å². The van der Waals surface area contributed by atoms with Gasteiger partial charge in [0.1, 0.15) is 0 Å². The summed E-state index contributed by atoms with van der Waals surface area (Å²) in [6.45, 7) is 2.43. The average Bonchev–Trinajstić information content (AvgIpc) is 3.49. The molecule has 2 heterocycles. The first-order chi connectivity index (χ1) is 15.6. The molecule has 0 unspecified atom stereocenters. The Labute approximate surface area is 185 Å². The Morgan fingerprint density at radius 1 is 1.06 bits per heavy atom. The molecule has 0 aliphatic rings. The fourth-order valence-corrected chi connectivity index (χ4v) is 3.28. The number of benzene rings is 2. The van der Waals surface area contributed by atoms with E-state index in [4.69, 9.17) is 13.9 Å². The quantitative estimate of drug-likeness (QED) is 0.455. The molecular formula is C24H24N4O4. The van der Waals surface area contributed by atoms with Crippen molar-refractivity contribution in [2.75, 3.05) is 20.8 Å². The first-order valence-corrected chi connectivity index (χ1v) is 10.2. The van der Waals surface area contributed by atoms with Gasteiger partial charge in [0.05, 0.1) is 26.2 Å². The van der Waals surface area contributed by atoms with Crippen LogP contribution in [0.15, 0.2) is 65.3 Å². The number of nitrogens with one attached hydrogen (secondary N) is 1. The van der Waals surface area contributed by atoms with Gasteiger partial charge in [-0.3, -0.25) is 4.79 Å². The lowest BCUT2D eigenvalue weighted by molar-refractivity contribution is 0.0944. The molecule has 4 rings (SSSR count). The number of rotatable bonds is 8. The van der Waals surface area contributed by atoms with Gasteiger partial charge in [0.15, 0.2) is 23.1 Å². The van der Waals surface area contributed by atoms with E-state index in [1.54, 1.807) is 37.3 Å². The third kappa shape index (κ3) is 4.49. The fourth-order valence-electron chi connectivity index (χ4n) is 3.28. The number of ether oxygens (including phenoxy) is 2. The van der Waals surface area contributed by atoms with Crippen molar-refractivity contribution < 1.29 is 18.7 Å². The standard InChI is InChI=1S/C24H24N4O4/c1-16-6-9-18(10-7-16)28-23(20-5-4-14-32-20)26-22(27-28)24(29)25-13-12-17-8-11-19(30-2)21(15-17)31-3/h4-11,14-15H,12-13H2,1-3H3,(H,25,29). The van der Waals surface area contributed by atoms with E-state index in [0.717, 1.165) is 16.8 Å². The highest BCUT2D eigenvalue weighted by Crippen LogP contribution is 2.27. The molecule has 0 spiro atoms. The lowest BCUT2D eigenvalue weighted by atomic mass is 10.1. The Hall–Kier alpha value is -4.07. The van der Waals surface area contributed by atoms with Gasteiger partial charge in [-0.2, -0.15) is 4.98 Å². The van der Waals surface area contributed by atoms with Crippen molar-refractivity contribution in [3.63, 3.8) is 0 Å². The number of carbonyl (C=O) groups is 1. The minimum absolute atomic E-state index is 0.0734. The summed E-state index contributed by atoms with van der Waals surface area (Å²) in [5, 5.41) is 7.32. The van der Waals surface area contributed by atoms with E-state index in [-0.39, 0.29) is 11.7 Å². The largest absolute Gasteiger partial charge is 0.493 e. The summed E-state index contributed by atoms with van der Waals surface area (Å²) in [6.07, 6.45) is 2.18. The molecular weight excluding hydrogens is 408 g/mol. The number of hydrogen-bond donors (Lipinski definition) is 1. The van der Waals surface area contributed by atoms with Crippen LogP contribution in [0.25, 0.3) is 17.3 Å². The molecule has 32 heavy (non-hydrogen) atoms. The smallest absolute Gasteiger partial charge is 0.291 e. The van der Waals surface area contributed by atoms with Crippen LogP contribution in [0.4, 0.5) is 0 Å². The first-order valence-electron chi connectivity index (χ1n) is 10.2. The Kier molecular flexibility index (Phi) is 6.21. The number of furan rings is 1. The van der Waals surface area contributed by atoms with Gasteiger partial charge in [0.2, 0.25) is 5.82 Å². The maximum atomic E-state index is 12.8. The Bertz CT molecular complexity index is 1200. The lowest BCUT2D eigenvalue weighted by Crippen LogP contribution is -2.27. The van der Waals surface area contributed by atoms with Crippen molar-refractivity contribution in [2.24, 2.45) is 0 Å². The van der Waals surface area contributed by atoms with Crippen LogP contribution in [-0.4, -0.2) is 41.4 Å². The van der Waals surface area contributed by atoms with Crippen LogP contribution in [0.1, 0.15) is 21.7 Å². The predicted molar refractivity (Wildman–Crippen MR) is 119 cm³/mol. The van der Waals surface area contributed by atoms with E-state index in [0.29, 0.717) is 36.0 Å². The van der Waals surface area contributed by atoms with Crippen molar-refractivity contribution in [1.82, 2.24) is 20.1 Å². The van der Waals surface area contributed by atoms with Crippen molar-refractivity contribution in [1.29, 1.82) is 0 Å². The molecule has 0 atom stereocenters. The van der Waals surface area contributed by atoms with Crippen molar-refractivity contribution in [3.8, 4) is 28.8 Å². The van der Waals surface area contributed by atoms with Crippen LogP contribution in [0.5, 0.6) is 11.5 Å².